The minimum Gasteiger partial charge on any atom is -0.481 e. The highest BCUT2D eigenvalue weighted by molar-refractivity contribution is 5.79. The van der Waals surface area contributed by atoms with Crippen molar-refractivity contribution < 1.29 is 23.5 Å². The van der Waals surface area contributed by atoms with Crippen LogP contribution in [0.4, 0.5) is 8.78 Å². The molecule has 1 atom stereocenters. The van der Waals surface area contributed by atoms with Crippen LogP contribution < -0.4 is 0 Å². The fraction of sp³-hybridized carbons (Fsp3) is 0.385. The van der Waals surface area contributed by atoms with Crippen molar-refractivity contribution in [3.05, 3.63) is 35.4 Å². The third-order valence-corrected chi connectivity index (χ3v) is 2.74. The highest BCUT2D eigenvalue weighted by Gasteiger charge is 2.18. The van der Waals surface area contributed by atoms with Gasteiger partial charge in [0.1, 0.15) is 11.6 Å². The molecule has 0 radical (unpaired) electrons. The number of carboxylic acid groups (broad SMARTS) is 1. The molecule has 0 spiro atoms. The van der Waals surface area contributed by atoms with Gasteiger partial charge in [0.05, 0.1) is 12.3 Å². The predicted molar refractivity (Wildman–Crippen MR) is 64.5 cm³/mol. The summed E-state index contributed by atoms with van der Waals surface area (Å²) in [6, 6.07) is 2.89. The largest absolute Gasteiger partial charge is 0.481 e. The minimum absolute atomic E-state index is 0.0189. The van der Waals surface area contributed by atoms with Crippen LogP contribution in [-0.2, 0) is 16.0 Å². The number of carbonyl (C=O) groups is 2. The second-order valence-electron chi connectivity index (χ2n) is 4.43. The molecule has 0 aliphatic heterocycles. The molecule has 1 rings (SSSR count). The second-order valence-corrected chi connectivity index (χ2v) is 4.43. The van der Waals surface area contributed by atoms with E-state index >= 15 is 0 Å². The average molecular weight is 271 g/mol. The second kappa shape index (κ2) is 6.26. The van der Waals surface area contributed by atoms with Crippen LogP contribution in [-0.4, -0.2) is 35.5 Å². The smallest absolute Gasteiger partial charge is 0.308 e. The van der Waals surface area contributed by atoms with Crippen LogP contribution in [0.5, 0.6) is 0 Å². The molecule has 0 fully saturated rings. The van der Waals surface area contributed by atoms with Crippen molar-refractivity contribution in [2.24, 2.45) is 5.92 Å². The van der Waals surface area contributed by atoms with Crippen molar-refractivity contribution in [2.75, 3.05) is 13.6 Å². The molecule has 1 unspecified atom stereocenters. The fourth-order valence-electron chi connectivity index (χ4n) is 1.57. The third-order valence-electron chi connectivity index (χ3n) is 2.74. The third kappa shape index (κ3) is 4.31. The van der Waals surface area contributed by atoms with Gasteiger partial charge in [0, 0.05) is 19.2 Å². The lowest BCUT2D eigenvalue weighted by Crippen LogP contribution is -2.34. The topological polar surface area (TPSA) is 57.6 Å². The monoisotopic (exact) mass is 271 g/mol. The molecule has 1 amide bonds. The number of hydrogen-bond donors (Lipinski definition) is 1. The van der Waals surface area contributed by atoms with Gasteiger partial charge in [0.15, 0.2) is 0 Å². The van der Waals surface area contributed by atoms with E-state index in [1.807, 2.05) is 0 Å². The van der Waals surface area contributed by atoms with E-state index in [1.165, 1.54) is 18.9 Å². The maximum Gasteiger partial charge on any atom is 0.308 e. The maximum atomic E-state index is 13.4. The molecule has 1 N–H and O–H groups in total. The van der Waals surface area contributed by atoms with Crippen LogP contribution in [0.15, 0.2) is 18.2 Å². The van der Waals surface area contributed by atoms with Crippen molar-refractivity contribution >= 4 is 11.9 Å². The normalized spacial score (nSPS) is 12.0. The molecule has 4 nitrogen and oxygen atoms in total. The molecule has 0 aromatic heterocycles. The summed E-state index contributed by atoms with van der Waals surface area (Å²) in [6.45, 7) is 1.49. The van der Waals surface area contributed by atoms with E-state index in [1.54, 1.807) is 0 Å². The summed E-state index contributed by atoms with van der Waals surface area (Å²) in [5.41, 5.74) is -0.0418. The first kappa shape index (κ1) is 15.1. The Balaban J connectivity index is 2.68. The van der Waals surface area contributed by atoms with Crippen LogP contribution in [0, 0.1) is 17.6 Å². The summed E-state index contributed by atoms with van der Waals surface area (Å²) < 4.78 is 26.3. The van der Waals surface area contributed by atoms with Crippen molar-refractivity contribution in [2.45, 2.75) is 13.3 Å². The quantitative estimate of drug-likeness (QED) is 0.886. The number of benzene rings is 1. The van der Waals surface area contributed by atoms with Crippen molar-refractivity contribution in [1.29, 1.82) is 0 Å². The number of nitrogens with zero attached hydrogens (tertiary/aromatic N) is 1. The molecule has 0 saturated heterocycles. The highest BCUT2D eigenvalue weighted by Crippen LogP contribution is 2.11. The zero-order chi connectivity index (χ0) is 14.6. The Morgan fingerprint density at radius 3 is 2.58 bits per heavy atom. The number of carboxylic acids is 1. The van der Waals surface area contributed by atoms with Gasteiger partial charge in [0.25, 0.3) is 0 Å². The molecule has 6 heteroatoms. The molecular weight excluding hydrogens is 256 g/mol. The lowest BCUT2D eigenvalue weighted by atomic mass is 10.1. The van der Waals surface area contributed by atoms with Crippen molar-refractivity contribution in [1.82, 2.24) is 4.90 Å². The van der Waals surface area contributed by atoms with Gasteiger partial charge in [-0.2, -0.15) is 0 Å². The molecule has 0 saturated carbocycles. The minimum atomic E-state index is -1.02. The molecule has 0 aliphatic carbocycles. The number of hydrogen-bond acceptors (Lipinski definition) is 2. The van der Waals surface area contributed by atoms with Gasteiger partial charge in [-0.15, -0.1) is 0 Å². The highest BCUT2D eigenvalue weighted by atomic mass is 19.1. The van der Waals surface area contributed by atoms with Crippen molar-refractivity contribution in [3.63, 3.8) is 0 Å². The first-order chi connectivity index (χ1) is 8.81. The van der Waals surface area contributed by atoms with E-state index in [0.29, 0.717) is 0 Å². The van der Waals surface area contributed by atoms with E-state index in [9.17, 15) is 18.4 Å². The molecule has 1 aromatic rings. The standard InChI is InChI=1S/C13H15F2NO3/c1-8(13(18)19)7-16(2)12(17)6-9-5-10(14)3-4-11(9)15/h3-5,8H,6-7H2,1-2H3,(H,18,19). The van der Waals surface area contributed by atoms with E-state index in [4.69, 9.17) is 5.11 Å². The van der Waals surface area contributed by atoms with E-state index < -0.39 is 29.4 Å². The first-order valence-electron chi connectivity index (χ1n) is 5.72. The Bertz CT molecular complexity index is 491. The molecule has 0 bridgehead atoms. The number of rotatable bonds is 5. The first-order valence-corrected chi connectivity index (χ1v) is 5.72. The average Bonchev–Trinajstić information content (AvgIpc) is 2.33. The van der Waals surface area contributed by atoms with Crippen LogP contribution in [0.25, 0.3) is 0 Å². The van der Waals surface area contributed by atoms with Gasteiger partial charge in [-0.05, 0) is 18.2 Å². The Hall–Kier alpha value is -1.98. The number of likely N-dealkylation sites (N-methyl/N-ethyl adjacent to an activating group) is 1. The van der Waals surface area contributed by atoms with Crippen molar-refractivity contribution in [3.8, 4) is 0 Å². The summed E-state index contributed by atoms with van der Waals surface area (Å²) in [4.78, 5) is 23.6. The van der Waals surface area contributed by atoms with Crippen LogP contribution >= 0.6 is 0 Å². The molecular formula is C13H15F2NO3. The Kier molecular flexibility index (Phi) is 4.97. The lowest BCUT2D eigenvalue weighted by molar-refractivity contribution is -0.142. The van der Waals surface area contributed by atoms with Crippen LogP contribution in [0.1, 0.15) is 12.5 Å². The predicted octanol–water partition coefficient (Wildman–Crippen LogP) is 1.69. The van der Waals surface area contributed by atoms with E-state index in [2.05, 4.69) is 0 Å². The molecule has 0 heterocycles. The van der Waals surface area contributed by atoms with Crippen LogP contribution in [0.3, 0.4) is 0 Å². The van der Waals surface area contributed by atoms with E-state index in [-0.39, 0.29) is 18.5 Å². The molecule has 1 aromatic carbocycles. The molecule has 19 heavy (non-hydrogen) atoms. The zero-order valence-electron chi connectivity index (χ0n) is 10.7. The summed E-state index contributed by atoms with van der Waals surface area (Å²) >= 11 is 0. The SMILES string of the molecule is CC(CN(C)C(=O)Cc1cc(F)ccc1F)C(=O)O. The molecule has 0 aliphatic rings. The Morgan fingerprint density at radius 2 is 2.00 bits per heavy atom. The number of halogens is 2. The number of aliphatic carboxylic acids is 1. The van der Waals surface area contributed by atoms with Gasteiger partial charge >= 0.3 is 5.97 Å². The lowest BCUT2D eigenvalue weighted by Gasteiger charge is -2.19. The summed E-state index contributed by atoms with van der Waals surface area (Å²) in [5, 5.41) is 8.74. The van der Waals surface area contributed by atoms with Gasteiger partial charge in [-0.25, -0.2) is 8.78 Å². The van der Waals surface area contributed by atoms with Crippen LogP contribution in [0.2, 0.25) is 0 Å². The summed E-state index contributed by atoms with van der Waals surface area (Å²) in [7, 11) is 1.43. The van der Waals surface area contributed by atoms with Gasteiger partial charge in [-0.1, -0.05) is 6.92 Å². The Morgan fingerprint density at radius 1 is 1.37 bits per heavy atom. The fourth-order valence-corrected chi connectivity index (χ4v) is 1.57. The van der Waals surface area contributed by atoms with E-state index in [0.717, 1.165) is 18.2 Å². The van der Waals surface area contributed by atoms with Gasteiger partial charge in [-0.3, -0.25) is 9.59 Å². The summed E-state index contributed by atoms with van der Waals surface area (Å²) in [5.74, 6) is -3.47. The van der Waals surface area contributed by atoms with Gasteiger partial charge < -0.3 is 10.0 Å². The maximum absolute atomic E-state index is 13.4. The Labute approximate surface area is 109 Å². The number of carbonyl (C=O) groups excluding carboxylic acids is 1. The van der Waals surface area contributed by atoms with Gasteiger partial charge in [0.2, 0.25) is 5.91 Å². The summed E-state index contributed by atoms with van der Waals surface area (Å²) in [6.07, 6.45) is -0.299. The number of amides is 1. The molecule has 104 valence electrons. The zero-order valence-corrected chi connectivity index (χ0v) is 10.7.